The molecule has 33 heavy (non-hydrogen) atoms. The van der Waals surface area contributed by atoms with E-state index in [2.05, 4.69) is 75.9 Å². The first-order valence-electron chi connectivity index (χ1n) is 11.5. The number of fused-ring (bicyclic) bond motifs is 1. The number of ether oxygens (including phenoxy) is 4. The topological polar surface area (TPSA) is 46.2 Å². The van der Waals surface area contributed by atoms with Crippen LogP contribution in [0.25, 0.3) is 0 Å². The molecule has 2 saturated heterocycles. The molecule has 0 radical (unpaired) electrons. The second kappa shape index (κ2) is 8.76. The average molecular weight is 469 g/mol. The highest BCUT2D eigenvalue weighted by molar-refractivity contribution is 6.99. The third-order valence-electron chi connectivity index (χ3n) is 6.73. The van der Waals surface area contributed by atoms with E-state index in [1.807, 2.05) is 26.0 Å². The van der Waals surface area contributed by atoms with Crippen molar-refractivity contribution >= 4 is 18.7 Å². The van der Waals surface area contributed by atoms with Gasteiger partial charge in [-0.3, -0.25) is 0 Å². The Morgan fingerprint density at radius 1 is 0.939 bits per heavy atom. The number of methoxy groups -OCH3 is 1. The summed E-state index contributed by atoms with van der Waals surface area (Å²) in [5, 5.41) is 2.27. The van der Waals surface area contributed by atoms with Crippen LogP contribution in [0.15, 0.2) is 73.3 Å². The van der Waals surface area contributed by atoms with Crippen molar-refractivity contribution in [2.24, 2.45) is 0 Å². The number of hydrogen-bond donors (Lipinski definition) is 0. The lowest BCUT2D eigenvalue weighted by molar-refractivity contribution is -0.236. The van der Waals surface area contributed by atoms with Gasteiger partial charge in [0.25, 0.3) is 8.32 Å². The van der Waals surface area contributed by atoms with E-state index in [0.717, 1.165) is 0 Å². The maximum absolute atomic E-state index is 7.15. The molecule has 2 aliphatic heterocycles. The molecule has 4 rings (SSSR count). The first kappa shape index (κ1) is 24.3. The minimum Gasteiger partial charge on any atom is -0.404 e. The molecule has 0 aromatic heterocycles. The van der Waals surface area contributed by atoms with Crippen molar-refractivity contribution < 1.29 is 23.4 Å². The van der Waals surface area contributed by atoms with E-state index >= 15 is 0 Å². The quantitative estimate of drug-likeness (QED) is 0.454. The van der Waals surface area contributed by atoms with Crippen molar-refractivity contribution in [2.45, 2.75) is 69.5 Å². The molecule has 2 heterocycles. The van der Waals surface area contributed by atoms with Crippen LogP contribution in [-0.2, 0) is 23.4 Å². The minimum absolute atomic E-state index is 0.149. The Morgan fingerprint density at radius 3 is 1.94 bits per heavy atom. The molecule has 4 atom stereocenters. The average Bonchev–Trinajstić information content (AvgIpc) is 3.22. The highest BCUT2D eigenvalue weighted by Crippen LogP contribution is 2.45. The molecule has 0 unspecified atom stereocenters. The van der Waals surface area contributed by atoms with Crippen molar-refractivity contribution in [3.05, 3.63) is 73.3 Å². The second-order valence-electron chi connectivity index (χ2n) is 10.4. The lowest BCUT2D eigenvalue weighted by Gasteiger charge is -2.45. The summed E-state index contributed by atoms with van der Waals surface area (Å²) in [4.78, 5) is 0. The number of hydrogen-bond acceptors (Lipinski definition) is 5. The summed E-state index contributed by atoms with van der Waals surface area (Å²) >= 11 is 0. The van der Waals surface area contributed by atoms with E-state index in [0.29, 0.717) is 0 Å². The monoisotopic (exact) mass is 468 g/mol. The van der Waals surface area contributed by atoms with Crippen LogP contribution in [0, 0.1) is 0 Å². The van der Waals surface area contributed by atoms with Gasteiger partial charge < -0.3 is 23.4 Å². The third-order valence-corrected chi connectivity index (χ3v) is 11.7. The summed E-state index contributed by atoms with van der Waals surface area (Å²) in [6.45, 7) is 14.9. The van der Waals surface area contributed by atoms with Crippen LogP contribution >= 0.6 is 0 Å². The zero-order chi connectivity index (χ0) is 23.9. The van der Waals surface area contributed by atoms with Crippen molar-refractivity contribution in [1.82, 2.24) is 0 Å². The lowest BCUT2D eigenvalue weighted by atomic mass is 9.96. The van der Waals surface area contributed by atoms with E-state index in [1.165, 1.54) is 10.4 Å². The van der Waals surface area contributed by atoms with Crippen molar-refractivity contribution in [3.63, 3.8) is 0 Å². The van der Waals surface area contributed by atoms with Gasteiger partial charge in [-0.05, 0) is 29.3 Å². The van der Waals surface area contributed by atoms with Crippen LogP contribution in [0.2, 0.25) is 5.04 Å². The molecule has 0 spiro atoms. The molecule has 0 saturated carbocycles. The fourth-order valence-corrected chi connectivity index (χ4v) is 9.87. The standard InChI is InChI=1S/C27H36O5Si/c1-8-27(23(28-7)22-24(32-27)31-26(5,6)30-22)19-29-33(25(2,3)4,20-15-11-9-12-16-20)21-17-13-10-14-18-21/h8-18,22-24H,1,19H2,2-7H3/t22-,23+,24+,27-/m1/s1. The molecule has 5 nitrogen and oxygen atoms in total. The van der Waals surface area contributed by atoms with Crippen LogP contribution < -0.4 is 10.4 Å². The first-order valence-corrected chi connectivity index (χ1v) is 13.4. The normalized spacial score (nSPS) is 29.1. The van der Waals surface area contributed by atoms with Gasteiger partial charge in [-0.2, -0.15) is 0 Å². The maximum Gasteiger partial charge on any atom is 0.261 e. The Bertz CT molecular complexity index is 916. The maximum atomic E-state index is 7.15. The molecule has 2 fully saturated rings. The number of benzene rings is 2. The van der Waals surface area contributed by atoms with E-state index in [1.54, 1.807) is 13.2 Å². The summed E-state index contributed by atoms with van der Waals surface area (Å²) < 4.78 is 31.7. The zero-order valence-corrected chi connectivity index (χ0v) is 21.5. The van der Waals surface area contributed by atoms with Crippen LogP contribution in [0.3, 0.4) is 0 Å². The van der Waals surface area contributed by atoms with E-state index < -0.39 is 32.1 Å². The van der Waals surface area contributed by atoms with Crippen LogP contribution in [0.5, 0.6) is 0 Å². The molecule has 6 heteroatoms. The van der Waals surface area contributed by atoms with Gasteiger partial charge in [-0.25, -0.2) is 0 Å². The molecule has 2 aromatic rings. The summed E-state index contributed by atoms with van der Waals surface area (Å²) in [5.74, 6) is -0.724. The van der Waals surface area contributed by atoms with Gasteiger partial charge in [-0.1, -0.05) is 87.5 Å². The fourth-order valence-electron chi connectivity index (χ4n) is 5.27. The molecule has 0 amide bonds. The number of rotatable bonds is 7. The Labute approximate surface area is 198 Å². The highest BCUT2D eigenvalue weighted by Gasteiger charge is 2.62. The lowest BCUT2D eigenvalue weighted by Crippen LogP contribution is -2.68. The second-order valence-corrected chi connectivity index (χ2v) is 14.7. The van der Waals surface area contributed by atoms with Crippen molar-refractivity contribution in [2.75, 3.05) is 13.7 Å². The third kappa shape index (κ3) is 4.14. The van der Waals surface area contributed by atoms with Crippen molar-refractivity contribution in [1.29, 1.82) is 0 Å². The smallest absolute Gasteiger partial charge is 0.261 e. The Kier molecular flexibility index (Phi) is 6.46. The summed E-state index contributed by atoms with van der Waals surface area (Å²) in [6.07, 6.45) is 0.494. The Hall–Kier alpha value is -1.80. The Balaban J connectivity index is 1.75. The van der Waals surface area contributed by atoms with Gasteiger partial charge in [0.15, 0.2) is 12.1 Å². The van der Waals surface area contributed by atoms with Gasteiger partial charge in [0.2, 0.25) is 0 Å². The predicted octanol–water partition coefficient (Wildman–Crippen LogP) is 4.01. The fraction of sp³-hybridized carbons (Fsp3) is 0.481. The van der Waals surface area contributed by atoms with Crippen LogP contribution in [0.1, 0.15) is 34.6 Å². The van der Waals surface area contributed by atoms with Gasteiger partial charge in [-0.15, -0.1) is 6.58 Å². The van der Waals surface area contributed by atoms with Crippen LogP contribution in [-0.4, -0.2) is 51.9 Å². The van der Waals surface area contributed by atoms with Gasteiger partial charge >= 0.3 is 0 Å². The van der Waals surface area contributed by atoms with Crippen LogP contribution in [0.4, 0.5) is 0 Å². The molecule has 2 aliphatic rings. The molecule has 0 aliphatic carbocycles. The van der Waals surface area contributed by atoms with E-state index in [9.17, 15) is 0 Å². The van der Waals surface area contributed by atoms with Gasteiger partial charge in [0.05, 0.1) is 6.61 Å². The predicted molar refractivity (Wildman–Crippen MR) is 132 cm³/mol. The largest absolute Gasteiger partial charge is 0.404 e. The molecule has 0 bridgehead atoms. The SMILES string of the molecule is C=C[C@]1(CO[Si](c2ccccc2)(c2ccccc2)C(C)(C)C)O[C@@H]2OC(C)(C)O[C@@H]2[C@@H]1OC. The molecule has 0 N–H and O–H groups in total. The van der Waals surface area contributed by atoms with E-state index in [-0.39, 0.29) is 17.7 Å². The molecular weight excluding hydrogens is 432 g/mol. The first-order chi connectivity index (χ1) is 15.6. The summed E-state index contributed by atoms with van der Waals surface area (Å²) in [6, 6.07) is 21.1. The van der Waals surface area contributed by atoms with Gasteiger partial charge in [0.1, 0.15) is 17.8 Å². The minimum atomic E-state index is -2.75. The van der Waals surface area contributed by atoms with Gasteiger partial charge in [0, 0.05) is 7.11 Å². The zero-order valence-electron chi connectivity index (χ0n) is 20.5. The molecule has 2 aromatic carbocycles. The summed E-state index contributed by atoms with van der Waals surface area (Å²) in [7, 11) is -1.08. The molecule has 178 valence electrons. The Morgan fingerprint density at radius 2 is 1.48 bits per heavy atom. The molecular formula is C27H36O5Si. The highest BCUT2D eigenvalue weighted by atomic mass is 28.4. The summed E-state index contributed by atoms with van der Waals surface area (Å²) in [5.41, 5.74) is -0.895. The van der Waals surface area contributed by atoms with E-state index in [4.69, 9.17) is 23.4 Å². The van der Waals surface area contributed by atoms with Crippen molar-refractivity contribution in [3.8, 4) is 0 Å².